The molecule has 0 atom stereocenters. The number of anilines is 1. The van der Waals surface area contributed by atoms with Crippen molar-refractivity contribution in [2.75, 3.05) is 18.8 Å². The van der Waals surface area contributed by atoms with Crippen LogP contribution in [0, 0.1) is 0 Å². The van der Waals surface area contributed by atoms with Gasteiger partial charge in [0.15, 0.2) is 5.69 Å². The van der Waals surface area contributed by atoms with Crippen molar-refractivity contribution < 1.29 is 4.79 Å². The van der Waals surface area contributed by atoms with Crippen LogP contribution in [0.15, 0.2) is 0 Å². The van der Waals surface area contributed by atoms with Crippen LogP contribution in [0.25, 0.3) is 0 Å². The molecule has 16 heavy (non-hydrogen) atoms. The molecule has 1 aromatic rings. The number of rotatable bonds is 3. The Morgan fingerprint density at radius 2 is 2.19 bits per heavy atom. The number of aromatic amines is 1. The number of nitrogens with one attached hydrogen (secondary N) is 1. The highest BCUT2D eigenvalue weighted by molar-refractivity contribution is 5.97. The first-order valence-corrected chi connectivity index (χ1v) is 5.86. The largest absolute Gasteiger partial charge is 0.395 e. The molecule has 0 aliphatic carbocycles. The highest BCUT2D eigenvalue weighted by atomic mass is 16.2. The van der Waals surface area contributed by atoms with Crippen LogP contribution in [0.1, 0.15) is 42.4 Å². The van der Waals surface area contributed by atoms with Crippen molar-refractivity contribution in [1.82, 2.24) is 15.1 Å². The fourth-order valence-corrected chi connectivity index (χ4v) is 2.06. The Labute approximate surface area is 95.0 Å². The summed E-state index contributed by atoms with van der Waals surface area (Å²) in [7, 11) is 0. The first-order valence-electron chi connectivity index (χ1n) is 5.86. The van der Waals surface area contributed by atoms with Gasteiger partial charge in [-0.3, -0.25) is 9.89 Å². The molecule has 2 heterocycles. The van der Waals surface area contributed by atoms with Crippen LogP contribution in [-0.2, 0) is 6.42 Å². The minimum absolute atomic E-state index is 0.0337. The van der Waals surface area contributed by atoms with E-state index in [4.69, 9.17) is 5.73 Å². The summed E-state index contributed by atoms with van der Waals surface area (Å²) in [5, 5.41) is 6.89. The predicted molar refractivity (Wildman–Crippen MR) is 62.1 cm³/mol. The fourth-order valence-electron chi connectivity index (χ4n) is 2.06. The SMILES string of the molecule is CCCc1[nH]nc(C(=O)N2CCCC2)c1N. The summed E-state index contributed by atoms with van der Waals surface area (Å²) in [6.45, 7) is 3.73. The second-order valence-corrected chi connectivity index (χ2v) is 4.21. The molecule has 5 heteroatoms. The van der Waals surface area contributed by atoms with Gasteiger partial charge in [-0.25, -0.2) is 0 Å². The molecule has 0 aromatic carbocycles. The van der Waals surface area contributed by atoms with E-state index in [9.17, 15) is 4.79 Å². The van der Waals surface area contributed by atoms with Gasteiger partial charge in [0.05, 0.1) is 11.4 Å². The summed E-state index contributed by atoms with van der Waals surface area (Å²) >= 11 is 0. The zero-order chi connectivity index (χ0) is 11.5. The van der Waals surface area contributed by atoms with Crippen molar-refractivity contribution >= 4 is 11.6 Å². The molecule has 2 rings (SSSR count). The van der Waals surface area contributed by atoms with Crippen molar-refractivity contribution in [3.63, 3.8) is 0 Å². The zero-order valence-electron chi connectivity index (χ0n) is 9.62. The summed E-state index contributed by atoms with van der Waals surface area (Å²) in [5.41, 5.74) is 7.72. The standard InChI is InChI=1S/C11H18N4O/c1-2-5-8-9(12)10(14-13-8)11(16)15-6-3-4-7-15/h2-7,12H2,1H3,(H,13,14). The Morgan fingerprint density at radius 3 is 2.81 bits per heavy atom. The first-order chi connectivity index (χ1) is 7.74. The third-order valence-corrected chi connectivity index (χ3v) is 2.98. The maximum absolute atomic E-state index is 12.0. The molecule has 1 fully saturated rings. The molecule has 1 aliphatic heterocycles. The van der Waals surface area contributed by atoms with Crippen LogP contribution < -0.4 is 5.73 Å². The molecular weight excluding hydrogens is 204 g/mol. The molecule has 0 bridgehead atoms. The number of carbonyl (C=O) groups excluding carboxylic acids is 1. The van der Waals surface area contributed by atoms with Gasteiger partial charge < -0.3 is 10.6 Å². The lowest BCUT2D eigenvalue weighted by atomic mass is 10.2. The Kier molecular flexibility index (Phi) is 3.12. The maximum atomic E-state index is 12.0. The highest BCUT2D eigenvalue weighted by Crippen LogP contribution is 2.19. The van der Waals surface area contributed by atoms with Crippen LogP contribution in [0.3, 0.4) is 0 Å². The fraction of sp³-hybridized carbons (Fsp3) is 0.636. The summed E-state index contributed by atoms with van der Waals surface area (Å²) in [5.74, 6) is -0.0337. The number of amides is 1. The zero-order valence-corrected chi connectivity index (χ0v) is 9.62. The van der Waals surface area contributed by atoms with Crippen LogP contribution in [-0.4, -0.2) is 34.1 Å². The average Bonchev–Trinajstić information content (AvgIpc) is 2.89. The lowest BCUT2D eigenvalue weighted by molar-refractivity contribution is 0.0788. The summed E-state index contributed by atoms with van der Waals surface area (Å²) < 4.78 is 0. The van der Waals surface area contributed by atoms with Gasteiger partial charge in [0.25, 0.3) is 5.91 Å². The van der Waals surface area contributed by atoms with E-state index in [-0.39, 0.29) is 5.91 Å². The first kappa shape index (κ1) is 11.0. The van der Waals surface area contributed by atoms with Crippen molar-refractivity contribution in [3.05, 3.63) is 11.4 Å². The number of hydrogen-bond donors (Lipinski definition) is 2. The number of nitrogens with two attached hydrogens (primary N) is 1. The molecule has 0 spiro atoms. The minimum Gasteiger partial charge on any atom is -0.395 e. The highest BCUT2D eigenvalue weighted by Gasteiger charge is 2.24. The maximum Gasteiger partial charge on any atom is 0.276 e. The van der Waals surface area contributed by atoms with E-state index in [1.807, 2.05) is 4.90 Å². The molecule has 5 nitrogen and oxygen atoms in total. The van der Waals surface area contributed by atoms with Crippen molar-refractivity contribution in [2.45, 2.75) is 32.6 Å². The molecule has 1 amide bonds. The number of nitrogens with zero attached hydrogens (tertiary/aromatic N) is 2. The van der Waals surface area contributed by atoms with E-state index in [0.29, 0.717) is 11.4 Å². The molecule has 88 valence electrons. The van der Waals surface area contributed by atoms with Crippen molar-refractivity contribution in [1.29, 1.82) is 0 Å². The second-order valence-electron chi connectivity index (χ2n) is 4.21. The third-order valence-electron chi connectivity index (χ3n) is 2.98. The third kappa shape index (κ3) is 1.89. The Balaban J connectivity index is 2.16. The van der Waals surface area contributed by atoms with Crippen molar-refractivity contribution in [2.24, 2.45) is 0 Å². The number of H-pyrrole nitrogens is 1. The normalized spacial score (nSPS) is 15.7. The van der Waals surface area contributed by atoms with E-state index >= 15 is 0 Å². The summed E-state index contributed by atoms with van der Waals surface area (Å²) in [6, 6.07) is 0. The van der Waals surface area contributed by atoms with Gasteiger partial charge in [-0.1, -0.05) is 13.3 Å². The Morgan fingerprint density at radius 1 is 1.50 bits per heavy atom. The molecular formula is C11H18N4O. The van der Waals surface area contributed by atoms with Gasteiger partial charge >= 0.3 is 0 Å². The van der Waals surface area contributed by atoms with Gasteiger partial charge in [-0.15, -0.1) is 0 Å². The number of likely N-dealkylation sites (tertiary alicyclic amines) is 1. The van der Waals surface area contributed by atoms with Crippen LogP contribution in [0.5, 0.6) is 0 Å². The van der Waals surface area contributed by atoms with Crippen molar-refractivity contribution in [3.8, 4) is 0 Å². The number of carbonyl (C=O) groups is 1. The topological polar surface area (TPSA) is 75.0 Å². The van der Waals surface area contributed by atoms with E-state index in [1.54, 1.807) is 0 Å². The monoisotopic (exact) mass is 222 g/mol. The van der Waals surface area contributed by atoms with Crippen LogP contribution in [0.2, 0.25) is 0 Å². The second kappa shape index (κ2) is 4.55. The lowest BCUT2D eigenvalue weighted by Gasteiger charge is -2.13. The van der Waals surface area contributed by atoms with E-state index in [2.05, 4.69) is 17.1 Å². The minimum atomic E-state index is -0.0337. The van der Waals surface area contributed by atoms with E-state index in [1.165, 1.54) is 0 Å². The van der Waals surface area contributed by atoms with E-state index in [0.717, 1.165) is 44.5 Å². The van der Waals surface area contributed by atoms with Crippen LogP contribution in [0.4, 0.5) is 5.69 Å². The Bertz CT molecular complexity index is 379. The molecule has 0 radical (unpaired) electrons. The number of aromatic nitrogens is 2. The average molecular weight is 222 g/mol. The molecule has 1 aromatic heterocycles. The molecule has 1 aliphatic rings. The van der Waals surface area contributed by atoms with Crippen LogP contribution >= 0.6 is 0 Å². The molecule has 1 saturated heterocycles. The molecule has 0 saturated carbocycles. The molecule has 0 unspecified atom stereocenters. The van der Waals surface area contributed by atoms with Gasteiger partial charge in [0, 0.05) is 13.1 Å². The smallest absolute Gasteiger partial charge is 0.276 e. The number of aryl methyl sites for hydroxylation is 1. The Hall–Kier alpha value is -1.52. The van der Waals surface area contributed by atoms with E-state index < -0.39 is 0 Å². The number of hydrogen-bond acceptors (Lipinski definition) is 3. The van der Waals surface area contributed by atoms with Gasteiger partial charge in [-0.05, 0) is 19.3 Å². The quantitative estimate of drug-likeness (QED) is 0.806. The lowest BCUT2D eigenvalue weighted by Crippen LogP contribution is -2.28. The number of nitrogen functional groups attached to an aromatic ring is 1. The summed E-state index contributed by atoms with van der Waals surface area (Å²) in [6.07, 6.45) is 3.99. The summed E-state index contributed by atoms with van der Waals surface area (Å²) in [4.78, 5) is 13.9. The molecule has 3 N–H and O–H groups in total. The van der Waals surface area contributed by atoms with Gasteiger partial charge in [0.2, 0.25) is 0 Å². The van der Waals surface area contributed by atoms with Gasteiger partial charge in [-0.2, -0.15) is 5.10 Å². The predicted octanol–water partition coefficient (Wildman–Crippen LogP) is 1.18. The van der Waals surface area contributed by atoms with Gasteiger partial charge in [0.1, 0.15) is 0 Å².